The number of anilines is 2. The first kappa shape index (κ1) is 14.2. The summed E-state index contributed by atoms with van der Waals surface area (Å²) in [7, 11) is 0. The normalized spacial score (nSPS) is 24.5. The molecule has 108 valence electrons. The number of aliphatic hydroxyl groups is 1. The van der Waals surface area contributed by atoms with Gasteiger partial charge in [0.05, 0.1) is 17.0 Å². The number of aryl methyl sites for hydroxylation is 2. The van der Waals surface area contributed by atoms with Crippen LogP contribution in [0.4, 0.5) is 11.5 Å². The Morgan fingerprint density at radius 3 is 2.79 bits per heavy atom. The second-order valence-corrected chi connectivity index (χ2v) is 5.88. The molecule has 0 radical (unpaired) electrons. The second-order valence-electron chi connectivity index (χ2n) is 5.88. The van der Waals surface area contributed by atoms with E-state index in [9.17, 15) is 5.11 Å². The quantitative estimate of drug-likeness (QED) is 0.877. The molecular formula is C14H26N4O. The van der Waals surface area contributed by atoms with E-state index in [-0.39, 0.29) is 0 Å². The summed E-state index contributed by atoms with van der Waals surface area (Å²) < 4.78 is 2.02. The van der Waals surface area contributed by atoms with Crippen molar-refractivity contribution < 1.29 is 5.11 Å². The zero-order chi connectivity index (χ0) is 14.0. The third-order valence-electron chi connectivity index (χ3n) is 3.94. The summed E-state index contributed by atoms with van der Waals surface area (Å²) in [5.74, 6) is 1.04. The van der Waals surface area contributed by atoms with Crippen LogP contribution in [0, 0.1) is 6.92 Å². The maximum atomic E-state index is 10.2. The summed E-state index contributed by atoms with van der Waals surface area (Å²) >= 11 is 0. The van der Waals surface area contributed by atoms with Crippen LogP contribution in [-0.4, -0.2) is 33.6 Å². The Labute approximate surface area is 115 Å². The van der Waals surface area contributed by atoms with Crippen LogP contribution >= 0.6 is 0 Å². The van der Waals surface area contributed by atoms with Gasteiger partial charge in [-0.2, -0.15) is 5.10 Å². The number of hydrogen-bond donors (Lipinski definition) is 2. The predicted octanol–water partition coefficient (Wildman–Crippen LogP) is 1.93. The van der Waals surface area contributed by atoms with Crippen LogP contribution in [0.1, 0.15) is 45.2 Å². The molecule has 0 amide bonds. The maximum Gasteiger partial charge on any atom is 0.150 e. The molecule has 2 rings (SSSR count). The molecule has 2 heterocycles. The molecule has 1 saturated heterocycles. The molecule has 0 saturated carbocycles. The average Bonchev–Trinajstić information content (AvgIpc) is 2.50. The van der Waals surface area contributed by atoms with Crippen molar-refractivity contribution in [3.05, 3.63) is 5.69 Å². The molecular weight excluding hydrogens is 240 g/mol. The smallest absolute Gasteiger partial charge is 0.150 e. The highest BCUT2D eigenvalue weighted by Gasteiger charge is 2.27. The Morgan fingerprint density at radius 2 is 2.11 bits per heavy atom. The Hall–Kier alpha value is -1.23. The molecule has 19 heavy (non-hydrogen) atoms. The molecule has 1 fully saturated rings. The summed E-state index contributed by atoms with van der Waals surface area (Å²) in [6.07, 6.45) is 3.66. The first-order valence-electron chi connectivity index (χ1n) is 7.25. The lowest BCUT2D eigenvalue weighted by molar-refractivity contribution is 0.0481. The van der Waals surface area contributed by atoms with Gasteiger partial charge in [-0.05, 0) is 39.5 Å². The van der Waals surface area contributed by atoms with Gasteiger partial charge in [-0.15, -0.1) is 0 Å². The lowest BCUT2D eigenvalue weighted by Gasteiger charge is -2.25. The van der Waals surface area contributed by atoms with Crippen molar-refractivity contribution in [2.75, 3.05) is 23.7 Å². The standard InChI is InChI=1S/C14H26N4O/c1-4-8-18-13(12(15)11(2)16-18)17-9-5-6-14(3,19)7-10-17/h19H,4-10,15H2,1-3H3. The maximum absolute atomic E-state index is 10.2. The molecule has 1 aliphatic heterocycles. The largest absolute Gasteiger partial charge is 0.394 e. The van der Waals surface area contributed by atoms with Crippen molar-refractivity contribution >= 4 is 11.5 Å². The van der Waals surface area contributed by atoms with Crippen LogP contribution in [0.5, 0.6) is 0 Å². The van der Waals surface area contributed by atoms with Crippen molar-refractivity contribution in [1.29, 1.82) is 0 Å². The molecule has 0 spiro atoms. The fraction of sp³-hybridized carbons (Fsp3) is 0.786. The molecule has 1 aromatic rings. The number of nitrogen functional groups attached to an aromatic ring is 1. The SMILES string of the molecule is CCCn1nc(C)c(N)c1N1CCCC(C)(O)CC1. The van der Waals surface area contributed by atoms with Crippen LogP contribution in [-0.2, 0) is 6.54 Å². The zero-order valence-electron chi connectivity index (χ0n) is 12.3. The van der Waals surface area contributed by atoms with Crippen LogP contribution < -0.4 is 10.6 Å². The van der Waals surface area contributed by atoms with Crippen LogP contribution in [0.25, 0.3) is 0 Å². The van der Waals surface area contributed by atoms with E-state index in [1.54, 1.807) is 0 Å². The number of aromatic nitrogens is 2. The zero-order valence-corrected chi connectivity index (χ0v) is 12.3. The van der Waals surface area contributed by atoms with Gasteiger partial charge in [0.15, 0.2) is 5.82 Å². The number of hydrogen-bond acceptors (Lipinski definition) is 4. The number of nitrogens with two attached hydrogens (primary N) is 1. The highest BCUT2D eigenvalue weighted by Crippen LogP contribution is 2.31. The monoisotopic (exact) mass is 266 g/mol. The van der Waals surface area contributed by atoms with Crippen molar-refractivity contribution in [2.24, 2.45) is 0 Å². The van der Waals surface area contributed by atoms with E-state index in [0.29, 0.717) is 0 Å². The van der Waals surface area contributed by atoms with Crippen molar-refractivity contribution in [1.82, 2.24) is 9.78 Å². The first-order valence-corrected chi connectivity index (χ1v) is 7.25. The van der Waals surface area contributed by atoms with E-state index in [1.165, 1.54) is 0 Å². The highest BCUT2D eigenvalue weighted by atomic mass is 16.3. The van der Waals surface area contributed by atoms with Crippen LogP contribution in [0.3, 0.4) is 0 Å². The van der Waals surface area contributed by atoms with Crippen molar-refractivity contribution in [3.63, 3.8) is 0 Å². The Balaban J connectivity index is 2.25. The molecule has 1 aromatic heterocycles. The average molecular weight is 266 g/mol. The third-order valence-corrected chi connectivity index (χ3v) is 3.94. The molecule has 5 nitrogen and oxygen atoms in total. The van der Waals surface area contributed by atoms with E-state index >= 15 is 0 Å². The predicted molar refractivity (Wildman–Crippen MR) is 78.4 cm³/mol. The van der Waals surface area contributed by atoms with Gasteiger partial charge in [-0.1, -0.05) is 6.92 Å². The fourth-order valence-corrected chi connectivity index (χ4v) is 2.76. The van der Waals surface area contributed by atoms with E-state index in [1.807, 2.05) is 18.5 Å². The minimum atomic E-state index is -0.547. The van der Waals surface area contributed by atoms with E-state index in [4.69, 9.17) is 5.73 Å². The van der Waals surface area contributed by atoms with Gasteiger partial charge < -0.3 is 15.7 Å². The third kappa shape index (κ3) is 3.03. The summed E-state index contributed by atoms with van der Waals surface area (Å²) in [6.45, 7) is 8.69. The summed E-state index contributed by atoms with van der Waals surface area (Å²) in [6, 6.07) is 0. The topological polar surface area (TPSA) is 67.3 Å². The molecule has 0 bridgehead atoms. The van der Waals surface area contributed by atoms with Gasteiger partial charge in [0.1, 0.15) is 0 Å². The van der Waals surface area contributed by atoms with Crippen molar-refractivity contribution in [3.8, 4) is 0 Å². The molecule has 0 aliphatic carbocycles. The highest BCUT2D eigenvalue weighted by molar-refractivity contribution is 5.66. The minimum Gasteiger partial charge on any atom is -0.394 e. The minimum absolute atomic E-state index is 0.547. The van der Waals surface area contributed by atoms with E-state index < -0.39 is 5.60 Å². The van der Waals surface area contributed by atoms with E-state index in [0.717, 1.165) is 62.5 Å². The second kappa shape index (κ2) is 5.41. The molecule has 3 N–H and O–H groups in total. The lowest BCUT2D eigenvalue weighted by Crippen LogP contribution is -2.30. The van der Waals surface area contributed by atoms with Gasteiger partial charge in [0.25, 0.3) is 0 Å². The van der Waals surface area contributed by atoms with Crippen molar-refractivity contribution in [2.45, 2.75) is 58.6 Å². The molecule has 1 atom stereocenters. The van der Waals surface area contributed by atoms with Crippen LogP contribution in [0.15, 0.2) is 0 Å². The fourth-order valence-electron chi connectivity index (χ4n) is 2.76. The van der Waals surface area contributed by atoms with Gasteiger partial charge in [-0.25, -0.2) is 4.68 Å². The van der Waals surface area contributed by atoms with Crippen LogP contribution in [0.2, 0.25) is 0 Å². The molecule has 1 unspecified atom stereocenters. The van der Waals surface area contributed by atoms with Gasteiger partial charge in [-0.3, -0.25) is 0 Å². The van der Waals surface area contributed by atoms with Gasteiger partial charge in [0, 0.05) is 19.6 Å². The Bertz CT molecular complexity index is 439. The lowest BCUT2D eigenvalue weighted by atomic mass is 9.98. The molecule has 0 aromatic carbocycles. The van der Waals surface area contributed by atoms with Gasteiger partial charge >= 0.3 is 0 Å². The summed E-state index contributed by atoms with van der Waals surface area (Å²) in [4.78, 5) is 2.28. The first-order chi connectivity index (χ1) is 8.94. The summed E-state index contributed by atoms with van der Waals surface area (Å²) in [5.41, 5.74) is 7.34. The Morgan fingerprint density at radius 1 is 1.37 bits per heavy atom. The molecule has 1 aliphatic rings. The van der Waals surface area contributed by atoms with Gasteiger partial charge in [0.2, 0.25) is 0 Å². The number of nitrogens with zero attached hydrogens (tertiary/aromatic N) is 3. The summed E-state index contributed by atoms with van der Waals surface area (Å²) in [5, 5.41) is 14.7. The van der Waals surface area contributed by atoms with E-state index in [2.05, 4.69) is 16.9 Å². The molecule has 5 heteroatoms. The Kier molecular flexibility index (Phi) is 4.04. The number of rotatable bonds is 3.